The van der Waals surface area contributed by atoms with Gasteiger partial charge >= 0.3 is 0 Å². The van der Waals surface area contributed by atoms with Gasteiger partial charge in [-0.1, -0.05) is 31.2 Å². The van der Waals surface area contributed by atoms with Crippen LogP contribution in [0.4, 0.5) is 10.2 Å². The van der Waals surface area contributed by atoms with Crippen LogP contribution in [0.5, 0.6) is 0 Å². The molecular weight excluding hydrogens is 471 g/mol. The van der Waals surface area contributed by atoms with Crippen molar-refractivity contribution in [2.75, 3.05) is 25.1 Å². The van der Waals surface area contributed by atoms with Gasteiger partial charge in [0, 0.05) is 31.2 Å². The Kier molecular flexibility index (Phi) is 8.59. The van der Waals surface area contributed by atoms with Crippen LogP contribution in [-0.4, -0.2) is 52.3 Å². The molecule has 2 amide bonds. The van der Waals surface area contributed by atoms with Crippen molar-refractivity contribution in [3.63, 3.8) is 0 Å². The summed E-state index contributed by atoms with van der Waals surface area (Å²) in [4.78, 5) is 26.6. The van der Waals surface area contributed by atoms with Crippen LogP contribution in [-0.2, 0) is 23.2 Å². The van der Waals surface area contributed by atoms with Crippen molar-refractivity contribution in [3.8, 4) is 6.07 Å². The average Bonchev–Trinajstić information content (AvgIpc) is 3.67. The molecule has 1 aromatic heterocycles. The molecular formula is C28H37FN6O2. The highest BCUT2D eigenvalue weighted by Gasteiger charge is 2.40. The summed E-state index contributed by atoms with van der Waals surface area (Å²) < 4.78 is 15.1. The molecule has 8 nitrogen and oxygen atoms in total. The normalized spacial score (nSPS) is 21.5. The number of amides is 2. The smallest absolute Gasteiger partial charge is 0.254 e. The summed E-state index contributed by atoms with van der Waals surface area (Å²) in [6, 6.07) is 11.1. The molecule has 2 aliphatic carbocycles. The fraction of sp³-hybridized carbons (Fsp3) is 0.571. The van der Waals surface area contributed by atoms with Gasteiger partial charge in [0.25, 0.3) is 5.91 Å². The third-order valence-corrected chi connectivity index (χ3v) is 7.96. The monoisotopic (exact) mass is 508 g/mol. The topological polar surface area (TPSA) is 117 Å². The molecule has 1 heterocycles. The molecule has 37 heavy (non-hydrogen) atoms. The standard InChI is InChI=1S/C28H37FN6O2/c1-2-20-3-5-21(6-4-20)11-17-34(18-15-29)23-9-12-28(13-10-23,14-16-30)35-19-24(25(31)36)26(33-35)32-27(37)22-7-8-22/h3-6,19,22-23H,2,7-15,17-18H2,1H3,(H2,31,36)(H,32,33,37). The van der Waals surface area contributed by atoms with Crippen LogP contribution >= 0.6 is 0 Å². The summed E-state index contributed by atoms with van der Waals surface area (Å²) >= 11 is 0. The summed E-state index contributed by atoms with van der Waals surface area (Å²) in [5.74, 6) is -0.700. The zero-order valence-electron chi connectivity index (χ0n) is 21.6. The second-order valence-electron chi connectivity index (χ2n) is 10.4. The second-order valence-corrected chi connectivity index (χ2v) is 10.4. The maximum absolute atomic E-state index is 13.5. The summed E-state index contributed by atoms with van der Waals surface area (Å²) in [5.41, 5.74) is 7.68. The van der Waals surface area contributed by atoms with E-state index < -0.39 is 18.1 Å². The van der Waals surface area contributed by atoms with Crippen molar-refractivity contribution >= 4 is 17.6 Å². The van der Waals surface area contributed by atoms with Gasteiger partial charge in [0.2, 0.25) is 5.91 Å². The summed E-state index contributed by atoms with van der Waals surface area (Å²) in [7, 11) is 0. The largest absolute Gasteiger partial charge is 0.365 e. The number of nitrogens with zero attached hydrogens (tertiary/aromatic N) is 4. The maximum Gasteiger partial charge on any atom is 0.254 e. The number of benzene rings is 1. The van der Waals surface area contributed by atoms with Crippen molar-refractivity contribution in [2.45, 2.75) is 76.3 Å². The molecule has 0 unspecified atom stereocenters. The first-order valence-electron chi connectivity index (χ1n) is 13.3. The first kappa shape index (κ1) is 26.8. The van der Waals surface area contributed by atoms with Crippen molar-refractivity contribution in [1.29, 1.82) is 5.26 Å². The Hall–Kier alpha value is -3.25. The lowest BCUT2D eigenvalue weighted by atomic mass is 9.77. The number of nitrogens with two attached hydrogens (primary N) is 1. The summed E-state index contributed by atoms with van der Waals surface area (Å²) in [6.45, 7) is 2.89. The van der Waals surface area contributed by atoms with E-state index in [0.29, 0.717) is 19.4 Å². The van der Waals surface area contributed by atoms with Crippen LogP contribution in [0.15, 0.2) is 30.5 Å². The van der Waals surface area contributed by atoms with E-state index in [1.807, 2.05) is 0 Å². The lowest BCUT2D eigenvalue weighted by Crippen LogP contribution is -2.46. The highest BCUT2D eigenvalue weighted by Crippen LogP contribution is 2.40. The first-order chi connectivity index (χ1) is 17.9. The van der Waals surface area contributed by atoms with Gasteiger partial charge in [-0.3, -0.25) is 19.2 Å². The summed E-state index contributed by atoms with van der Waals surface area (Å²) in [6.07, 6.45) is 8.21. The Labute approximate surface area is 218 Å². The number of carbonyl (C=O) groups excluding carboxylic acids is 2. The van der Waals surface area contributed by atoms with E-state index in [9.17, 15) is 19.2 Å². The van der Waals surface area contributed by atoms with E-state index in [0.717, 1.165) is 45.1 Å². The molecule has 2 aromatic rings. The predicted octanol–water partition coefficient (Wildman–Crippen LogP) is 3.96. The molecule has 2 aliphatic rings. The van der Waals surface area contributed by atoms with Crippen molar-refractivity contribution < 1.29 is 14.0 Å². The minimum Gasteiger partial charge on any atom is -0.365 e. The molecule has 0 aliphatic heterocycles. The number of alkyl halides is 1. The molecule has 4 rings (SSSR count). The number of anilines is 1. The lowest BCUT2D eigenvalue weighted by molar-refractivity contribution is -0.117. The Bertz CT molecular complexity index is 1130. The highest BCUT2D eigenvalue weighted by molar-refractivity contribution is 6.02. The first-order valence-corrected chi connectivity index (χ1v) is 13.3. The number of hydrogen-bond acceptors (Lipinski definition) is 5. The number of aryl methyl sites for hydroxylation is 1. The highest BCUT2D eigenvalue weighted by atomic mass is 19.1. The van der Waals surface area contributed by atoms with Crippen LogP contribution < -0.4 is 11.1 Å². The van der Waals surface area contributed by atoms with Crippen molar-refractivity contribution in [3.05, 3.63) is 47.2 Å². The molecule has 1 aromatic carbocycles. The molecule has 0 radical (unpaired) electrons. The molecule has 198 valence electrons. The number of hydrogen-bond donors (Lipinski definition) is 2. The summed E-state index contributed by atoms with van der Waals surface area (Å²) in [5, 5.41) is 17.0. The Balaban J connectivity index is 1.46. The molecule has 0 spiro atoms. The van der Waals surface area contributed by atoms with Crippen LogP contribution in [0.2, 0.25) is 0 Å². The van der Waals surface area contributed by atoms with E-state index in [-0.39, 0.29) is 35.7 Å². The molecule has 0 saturated heterocycles. The van der Waals surface area contributed by atoms with Gasteiger partial charge in [-0.15, -0.1) is 0 Å². The number of carbonyl (C=O) groups is 2. The second kappa shape index (κ2) is 11.9. The molecule has 0 atom stereocenters. The number of nitrogens with one attached hydrogen (secondary N) is 1. The lowest BCUT2D eigenvalue weighted by Gasteiger charge is -2.42. The van der Waals surface area contributed by atoms with Crippen molar-refractivity contribution in [1.82, 2.24) is 14.7 Å². The fourth-order valence-corrected chi connectivity index (χ4v) is 5.39. The zero-order valence-corrected chi connectivity index (χ0v) is 21.6. The average molecular weight is 509 g/mol. The van der Waals surface area contributed by atoms with E-state index in [1.54, 1.807) is 10.9 Å². The van der Waals surface area contributed by atoms with Crippen LogP contribution in [0.25, 0.3) is 0 Å². The molecule has 2 saturated carbocycles. The Morgan fingerprint density at radius 2 is 1.86 bits per heavy atom. The SMILES string of the molecule is CCc1ccc(CCN(CCF)C2CCC(CC#N)(n3cc(C(N)=O)c(NC(=O)C4CC4)n3)CC2)cc1. The minimum atomic E-state index is -0.667. The van der Waals surface area contributed by atoms with E-state index in [2.05, 4.69) is 52.6 Å². The Morgan fingerprint density at radius 3 is 2.43 bits per heavy atom. The van der Waals surface area contributed by atoms with Gasteiger partial charge in [0.15, 0.2) is 5.82 Å². The van der Waals surface area contributed by atoms with Crippen molar-refractivity contribution in [2.24, 2.45) is 11.7 Å². The van der Waals surface area contributed by atoms with Gasteiger partial charge in [0.1, 0.15) is 12.2 Å². The Morgan fingerprint density at radius 1 is 1.19 bits per heavy atom. The molecule has 9 heteroatoms. The number of nitriles is 1. The number of rotatable bonds is 12. The van der Waals surface area contributed by atoms with Gasteiger partial charge in [-0.25, -0.2) is 4.39 Å². The fourth-order valence-electron chi connectivity index (χ4n) is 5.39. The number of primary amides is 1. The third kappa shape index (κ3) is 6.37. The van der Waals surface area contributed by atoms with E-state index >= 15 is 0 Å². The van der Waals surface area contributed by atoms with E-state index in [4.69, 9.17) is 5.73 Å². The molecule has 0 bridgehead atoms. The number of halogens is 1. The van der Waals surface area contributed by atoms with Gasteiger partial charge in [-0.2, -0.15) is 10.4 Å². The van der Waals surface area contributed by atoms with Crippen LogP contribution in [0.1, 0.15) is 73.4 Å². The van der Waals surface area contributed by atoms with Gasteiger partial charge < -0.3 is 11.1 Å². The minimum absolute atomic E-state index is 0.0412. The maximum atomic E-state index is 13.5. The van der Waals surface area contributed by atoms with Gasteiger partial charge in [0.05, 0.1) is 18.0 Å². The van der Waals surface area contributed by atoms with Crippen LogP contribution in [0, 0.1) is 17.2 Å². The predicted molar refractivity (Wildman–Crippen MR) is 140 cm³/mol. The molecule has 2 fully saturated rings. The molecule has 3 N–H and O–H groups in total. The quantitative estimate of drug-likeness (QED) is 0.450. The number of aromatic nitrogens is 2. The van der Waals surface area contributed by atoms with E-state index in [1.165, 1.54) is 11.1 Å². The van der Waals surface area contributed by atoms with Crippen LogP contribution in [0.3, 0.4) is 0 Å². The third-order valence-electron chi connectivity index (χ3n) is 7.96. The zero-order chi connectivity index (χ0) is 26.4. The van der Waals surface area contributed by atoms with Gasteiger partial charge in [-0.05, 0) is 62.5 Å².